The van der Waals surface area contributed by atoms with Crippen LogP contribution in [-0.4, -0.2) is 11.6 Å². The summed E-state index contributed by atoms with van der Waals surface area (Å²) in [6.45, 7) is 4.14. The summed E-state index contributed by atoms with van der Waals surface area (Å²) >= 11 is 0. The van der Waals surface area contributed by atoms with Gasteiger partial charge in [0.2, 0.25) is 0 Å². The molecule has 0 aromatic heterocycles. The maximum atomic E-state index is 12.0. The molecule has 1 saturated carbocycles. The van der Waals surface area contributed by atoms with Gasteiger partial charge in [0.05, 0.1) is 6.42 Å². The largest absolute Gasteiger partial charge is 0.299 e. The Bertz CT molecular complexity index is 237. The van der Waals surface area contributed by atoms with Gasteiger partial charge in [0.15, 0.2) is 0 Å². The molecular weight excluding hydrogens is 212 g/mol. The first-order valence-corrected chi connectivity index (χ1v) is 7.24. The standard InChI is InChI=1S/C15H26O2/c1-3-8-12(4-2)14(16)11-15(17)13-9-6-5-7-10-13/h12-13H,3-11H2,1-2H3. The fourth-order valence-corrected chi connectivity index (χ4v) is 2.83. The summed E-state index contributed by atoms with van der Waals surface area (Å²) in [5.74, 6) is 0.702. The van der Waals surface area contributed by atoms with Crippen LogP contribution in [0.3, 0.4) is 0 Å². The molecule has 0 spiro atoms. The van der Waals surface area contributed by atoms with Crippen molar-refractivity contribution in [3.05, 3.63) is 0 Å². The molecular formula is C15H26O2. The molecule has 0 heterocycles. The van der Waals surface area contributed by atoms with E-state index in [1.54, 1.807) is 0 Å². The summed E-state index contributed by atoms with van der Waals surface area (Å²) in [6.07, 6.45) is 8.65. The molecule has 0 aromatic rings. The average molecular weight is 238 g/mol. The zero-order valence-electron chi connectivity index (χ0n) is 11.3. The van der Waals surface area contributed by atoms with Gasteiger partial charge >= 0.3 is 0 Å². The van der Waals surface area contributed by atoms with E-state index < -0.39 is 0 Å². The zero-order valence-corrected chi connectivity index (χ0v) is 11.3. The van der Waals surface area contributed by atoms with E-state index in [0.29, 0.717) is 0 Å². The van der Waals surface area contributed by atoms with Gasteiger partial charge in [0.25, 0.3) is 0 Å². The predicted octanol–water partition coefficient (Wildman–Crippen LogP) is 3.92. The third-order valence-corrected chi connectivity index (χ3v) is 3.99. The van der Waals surface area contributed by atoms with Crippen molar-refractivity contribution in [3.63, 3.8) is 0 Å². The first-order chi connectivity index (χ1) is 8.19. The number of carbonyl (C=O) groups is 2. The molecule has 0 radical (unpaired) electrons. The van der Waals surface area contributed by atoms with Crippen LogP contribution in [0.4, 0.5) is 0 Å². The van der Waals surface area contributed by atoms with E-state index in [9.17, 15) is 9.59 Å². The molecule has 1 rings (SSSR count). The van der Waals surface area contributed by atoms with E-state index in [0.717, 1.165) is 44.9 Å². The Morgan fingerprint density at radius 3 is 2.29 bits per heavy atom. The first-order valence-electron chi connectivity index (χ1n) is 7.24. The Labute approximate surface area is 105 Å². The van der Waals surface area contributed by atoms with E-state index in [2.05, 4.69) is 6.92 Å². The van der Waals surface area contributed by atoms with Crippen molar-refractivity contribution in [1.82, 2.24) is 0 Å². The second kappa shape index (κ2) is 7.62. The molecule has 98 valence electrons. The highest BCUT2D eigenvalue weighted by atomic mass is 16.1. The van der Waals surface area contributed by atoms with E-state index in [1.165, 1.54) is 6.42 Å². The minimum Gasteiger partial charge on any atom is -0.299 e. The van der Waals surface area contributed by atoms with Crippen molar-refractivity contribution in [2.75, 3.05) is 0 Å². The molecule has 0 saturated heterocycles. The van der Waals surface area contributed by atoms with Crippen LogP contribution in [0.25, 0.3) is 0 Å². The fraction of sp³-hybridized carbons (Fsp3) is 0.867. The van der Waals surface area contributed by atoms with E-state index in [4.69, 9.17) is 0 Å². The van der Waals surface area contributed by atoms with Gasteiger partial charge in [0, 0.05) is 11.8 Å². The van der Waals surface area contributed by atoms with E-state index in [-0.39, 0.29) is 29.8 Å². The summed E-state index contributed by atoms with van der Waals surface area (Å²) in [5.41, 5.74) is 0. The van der Waals surface area contributed by atoms with Crippen molar-refractivity contribution >= 4 is 11.6 Å². The average Bonchev–Trinajstić information content (AvgIpc) is 2.36. The maximum Gasteiger partial charge on any atom is 0.143 e. The van der Waals surface area contributed by atoms with Crippen LogP contribution in [0.5, 0.6) is 0 Å². The fourth-order valence-electron chi connectivity index (χ4n) is 2.83. The SMILES string of the molecule is CCCC(CC)C(=O)CC(=O)C1CCCCC1. The molecule has 0 bridgehead atoms. The van der Waals surface area contributed by atoms with Crippen LogP contribution >= 0.6 is 0 Å². The van der Waals surface area contributed by atoms with Crippen LogP contribution in [-0.2, 0) is 9.59 Å². The zero-order chi connectivity index (χ0) is 12.7. The lowest BCUT2D eigenvalue weighted by Gasteiger charge is -2.21. The maximum absolute atomic E-state index is 12.0. The predicted molar refractivity (Wildman–Crippen MR) is 69.9 cm³/mol. The van der Waals surface area contributed by atoms with Crippen LogP contribution in [0.2, 0.25) is 0 Å². The Morgan fingerprint density at radius 1 is 1.12 bits per heavy atom. The smallest absolute Gasteiger partial charge is 0.143 e. The van der Waals surface area contributed by atoms with Gasteiger partial charge in [-0.3, -0.25) is 9.59 Å². The lowest BCUT2D eigenvalue weighted by Crippen LogP contribution is -2.24. The molecule has 1 unspecified atom stereocenters. The van der Waals surface area contributed by atoms with Gasteiger partial charge in [-0.1, -0.05) is 39.5 Å². The first kappa shape index (κ1) is 14.4. The summed E-state index contributed by atoms with van der Waals surface area (Å²) < 4.78 is 0. The second-order valence-corrected chi connectivity index (χ2v) is 5.34. The van der Waals surface area contributed by atoms with Crippen molar-refractivity contribution in [2.45, 2.75) is 71.6 Å². The number of ketones is 2. The van der Waals surface area contributed by atoms with E-state index in [1.807, 2.05) is 6.92 Å². The van der Waals surface area contributed by atoms with Gasteiger partial charge in [0.1, 0.15) is 11.6 Å². The summed E-state index contributed by atoms with van der Waals surface area (Å²) in [7, 11) is 0. The van der Waals surface area contributed by atoms with Gasteiger partial charge in [-0.15, -0.1) is 0 Å². The normalized spacial score (nSPS) is 18.9. The summed E-state index contributed by atoms with van der Waals surface area (Å²) in [6, 6.07) is 0. The molecule has 0 aromatic carbocycles. The lowest BCUT2D eigenvalue weighted by molar-refractivity contribution is -0.132. The van der Waals surface area contributed by atoms with Crippen molar-refractivity contribution < 1.29 is 9.59 Å². The third kappa shape index (κ3) is 4.61. The van der Waals surface area contributed by atoms with E-state index >= 15 is 0 Å². The number of Topliss-reactive ketones (excluding diaryl/α,β-unsaturated/α-hetero) is 2. The minimum atomic E-state index is 0.118. The van der Waals surface area contributed by atoms with Gasteiger partial charge < -0.3 is 0 Å². The number of rotatable bonds is 7. The monoisotopic (exact) mass is 238 g/mol. The topological polar surface area (TPSA) is 34.1 Å². The Kier molecular flexibility index (Phi) is 6.46. The lowest BCUT2D eigenvalue weighted by atomic mass is 9.83. The number of hydrogen-bond acceptors (Lipinski definition) is 2. The molecule has 2 nitrogen and oxygen atoms in total. The highest BCUT2D eigenvalue weighted by molar-refractivity contribution is 6.01. The second-order valence-electron chi connectivity index (χ2n) is 5.34. The van der Waals surface area contributed by atoms with Gasteiger partial charge in [-0.05, 0) is 25.7 Å². The third-order valence-electron chi connectivity index (χ3n) is 3.99. The Morgan fingerprint density at radius 2 is 1.76 bits per heavy atom. The molecule has 1 fully saturated rings. The minimum absolute atomic E-state index is 0.118. The number of carbonyl (C=O) groups excluding carboxylic acids is 2. The van der Waals surface area contributed by atoms with Crippen molar-refractivity contribution in [1.29, 1.82) is 0 Å². The molecule has 17 heavy (non-hydrogen) atoms. The van der Waals surface area contributed by atoms with Crippen LogP contribution in [0.1, 0.15) is 71.6 Å². The molecule has 0 aliphatic heterocycles. The van der Waals surface area contributed by atoms with Crippen LogP contribution < -0.4 is 0 Å². The summed E-state index contributed by atoms with van der Waals surface area (Å²) in [5, 5.41) is 0. The highest BCUT2D eigenvalue weighted by Gasteiger charge is 2.25. The van der Waals surface area contributed by atoms with Crippen LogP contribution in [0, 0.1) is 11.8 Å². The molecule has 1 aliphatic carbocycles. The molecule has 0 N–H and O–H groups in total. The summed E-state index contributed by atoms with van der Waals surface area (Å²) in [4.78, 5) is 24.0. The van der Waals surface area contributed by atoms with Gasteiger partial charge in [-0.2, -0.15) is 0 Å². The Balaban J connectivity index is 2.40. The Hall–Kier alpha value is -0.660. The van der Waals surface area contributed by atoms with Gasteiger partial charge in [-0.25, -0.2) is 0 Å². The molecule has 0 amide bonds. The van der Waals surface area contributed by atoms with Crippen molar-refractivity contribution in [2.24, 2.45) is 11.8 Å². The number of hydrogen-bond donors (Lipinski definition) is 0. The molecule has 2 heteroatoms. The van der Waals surface area contributed by atoms with Crippen molar-refractivity contribution in [3.8, 4) is 0 Å². The quantitative estimate of drug-likeness (QED) is 0.630. The van der Waals surface area contributed by atoms with Crippen LogP contribution in [0.15, 0.2) is 0 Å². The molecule has 1 aliphatic rings. The molecule has 1 atom stereocenters. The highest BCUT2D eigenvalue weighted by Crippen LogP contribution is 2.26.